The summed E-state index contributed by atoms with van der Waals surface area (Å²) in [6, 6.07) is 19.5. The molecule has 40 heavy (non-hydrogen) atoms. The van der Waals surface area contributed by atoms with Gasteiger partial charge in [-0.1, -0.05) is 56.3 Å². The Kier molecular flexibility index (Phi) is 7.60. The molecule has 5 rings (SSSR count). The lowest BCUT2D eigenvalue weighted by molar-refractivity contribution is -0.140. The summed E-state index contributed by atoms with van der Waals surface area (Å²) in [5.74, 6) is -0.155. The molecule has 0 saturated carbocycles. The van der Waals surface area contributed by atoms with E-state index in [0.29, 0.717) is 46.6 Å². The van der Waals surface area contributed by atoms with Crippen LogP contribution in [0.4, 0.5) is 0 Å². The molecule has 0 aliphatic carbocycles. The number of aliphatic hydroxyl groups is 1. The lowest BCUT2D eigenvalue weighted by Gasteiger charge is -2.26. The van der Waals surface area contributed by atoms with Crippen LogP contribution in [-0.4, -0.2) is 44.8 Å². The number of Topliss-reactive ketones (excluding diaryl/α,β-unsaturated/α-hetero) is 1. The van der Waals surface area contributed by atoms with E-state index in [4.69, 9.17) is 9.47 Å². The summed E-state index contributed by atoms with van der Waals surface area (Å²) in [6.45, 7) is 6.75. The second-order valence-corrected chi connectivity index (χ2v) is 10.3. The first-order chi connectivity index (χ1) is 19.3. The average Bonchev–Trinajstić information content (AvgIpc) is 3.41. The fraction of sp³-hybridized carbons (Fsp3) is 0.281. The van der Waals surface area contributed by atoms with Gasteiger partial charge in [-0.15, -0.1) is 0 Å². The quantitative estimate of drug-likeness (QED) is 0.167. The second-order valence-electron chi connectivity index (χ2n) is 10.3. The van der Waals surface area contributed by atoms with Gasteiger partial charge in [-0.05, 0) is 54.7 Å². The van der Waals surface area contributed by atoms with E-state index in [1.807, 2.05) is 54.6 Å². The van der Waals surface area contributed by atoms with Crippen LogP contribution >= 0.6 is 0 Å². The minimum Gasteiger partial charge on any atom is -0.505 e. The third-order valence-corrected chi connectivity index (χ3v) is 7.12. The number of imidazole rings is 1. The topological polar surface area (TPSA) is 93.4 Å². The second kappa shape index (κ2) is 11.3. The first-order valence-corrected chi connectivity index (χ1v) is 13.4. The molecule has 1 N–H and O–H groups in total. The molecule has 1 atom stereocenters. The van der Waals surface area contributed by atoms with Crippen LogP contribution in [0.5, 0.6) is 11.5 Å². The maximum atomic E-state index is 13.6. The van der Waals surface area contributed by atoms with Gasteiger partial charge in [-0.2, -0.15) is 0 Å². The molecule has 4 aromatic rings. The summed E-state index contributed by atoms with van der Waals surface area (Å²) in [4.78, 5) is 33.1. The normalized spacial score (nSPS) is 16.7. The fourth-order valence-electron chi connectivity index (χ4n) is 5.07. The van der Waals surface area contributed by atoms with E-state index in [9.17, 15) is 14.7 Å². The van der Waals surface area contributed by atoms with Gasteiger partial charge in [0.15, 0.2) is 17.3 Å². The summed E-state index contributed by atoms with van der Waals surface area (Å²) in [5.41, 5.74) is 3.03. The molecule has 0 bridgehead atoms. The number of nitrogens with zero attached hydrogens (tertiary/aromatic N) is 3. The Morgan fingerprint density at radius 3 is 2.50 bits per heavy atom. The molecular weight excluding hydrogens is 506 g/mol. The molecule has 1 aliphatic rings. The molecule has 2 aromatic heterocycles. The number of benzene rings is 2. The molecule has 1 unspecified atom stereocenters. The number of pyridine rings is 1. The summed E-state index contributed by atoms with van der Waals surface area (Å²) in [5, 5.41) is 11.7. The lowest BCUT2D eigenvalue weighted by atomic mass is 9.95. The van der Waals surface area contributed by atoms with Crippen molar-refractivity contribution in [1.82, 2.24) is 14.3 Å². The van der Waals surface area contributed by atoms with E-state index < -0.39 is 17.7 Å². The summed E-state index contributed by atoms with van der Waals surface area (Å²) in [7, 11) is 1.55. The lowest BCUT2D eigenvalue weighted by Crippen LogP contribution is -2.29. The van der Waals surface area contributed by atoms with Crippen LogP contribution in [-0.2, 0) is 16.1 Å². The third kappa shape index (κ3) is 5.04. The van der Waals surface area contributed by atoms with E-state index in [-0.39, 0.29) is 17.9 Å². The van der Waals surface area contributed by atoms with Crippen molar-refractivity contribution < 1.29 is 24.2 Å². The number of fused-ring (bicyclic) bond motifs is 1. The van der Waals surface area contributed by atoms with Gasteiger partial charge in [0.2, 0.25) is 0 Å². The Morgan fingerprint density at radius 2 is 1.77 bits per heavy atom. The van der Waals surface area contributed by atoms with Crippen LogP contribution in [0.1, 0.15) is 48.8 Å². The van der Waals surface area contributed by atoms with E-state index >= 15 is 0 Å². The average molecular weight is 540 g/mol. The van der Waals surface area contributed by atoms with Crippen LogP contribution < -0.4 is 9.47 Å². The van der Waals surface area contributed by atoms with Crippen LogP contribution in [0.15, 0.2) is 78.5 Å². The molecule has 0 spiro atoms. The van der Waals surface area contributed by atoms with Gasteiger partial charge < -0.3 is 19.5 Å². The number of ether oxygens (including phenoxy) is 2. The number of amides is 1. The van der Waals surface area contributed by atoms with E-state index in [0.717, 1.165) is 12.0 Å². The maximum Gasteiger partial charge on any atom is 0.295 e. The van der Waals surface area contributed by atoms with Crippen LogP contribution in [0, 0.1) is 12.8 Å². The smallest absolute Gasteiger partial charge is 0.295 e. The minimum atomic E-state index is -0.854. The Labute approximate surface area is 233 Å². The Hall–Kier alpha value is -4.59. The highest BCUT2D eigenvalue weighted by atomic mass is 16.5. The Morgan fingerprint density at radius 1 is 1.02 bits per heavy atom. The number of aryl methyl sites for hydroxylation is 1. The Bertz CT molecular complexity index is 1590. The molecule has 3 heterocycles. The van der Waals surface area contributed by atoms with Crippen LogP contribution in [0.25, 0.3) is 11.4 Å². The van der Waals surface area contributed by atoms with Gasteiger partial charge in [-0.3, -0.25) is 14.0 Å². The van der Waals surface area contributed by atoms with E-state index in [1.165, 1.54) is 4.90 Å². The third-order valence-electron chi connectivity index (χ3n) is 7.12. The van der Waals surface area contributed by atoms with Crippen molar-refractivity contribution in [3.63, 3.8) is 0 Å². The monoisotopic (exact) mass is 539 g/mol. The zero-order valence-corrected chi connectivity index (χ0v) is 23.1. The zero-order chi connectivity index (χ0) is 28.4. The van der Waals surface area contributed by atoms with Gasteiger partial charge >= 0.3 is 0 Å². The molecule has 0 radical (unpaired) electrons. The van der Waals surface area contributed by atoms with Crippen molar-refractivity contribution in [3.8, 4) is 11.5 Å². The number of rotatable bonds is 9. The van der Waals surface area contributed by atoms with Crippen molar-refractivity contribution in [2.75, 3.05) is 13.7 Å². The number of aromatic nitrogens is 2. The fourth-order valence-corrected chi connectivity index (χ4v) is 5.07. The van der Waals surface area contributed by atoms with E-state index in [1.54, 1.807) is 36.8 Å². The highest BCUT2D eigenvalue weighted by Crippen LogP contribution is 2.43. The molecule has 1 saturated heterocycles. The SMILES string of the molecule is COc1cc(C2C(=C(O)c3c(C)nc4ccccn34)C(=O)C(=O)N2Cc2ccccc2)ccc1OCCC(C)C. The number of likely N-dealkylation sites (tertiary alicyclic amines) is 1. The first kappa shape index (κ1) is 27.0. The van der Waals surface area contributed by atoms with Crippen LogP contribution in [0.3, 0.4) is 0 Å². The molecule has 8 heteroatoms. The van der Waals surface area contributed by atoms with Gasteiger partial charge in [0.1, 0.15) is 11.3 Å². The van der Waals surface area contributed by atoms with Crippen molar-refractivity contribution in [3.05, 3.63) is 101 Å². The molecule has 1 aliphatic heterocycles. The molecule has 206 valence electrons. The van der Waals surface area contributed by atoms with Gasteiger partial charge in [0.25, 0.3) is 11.7 Å². The predicted octanol–water partition coefficient (Wildman–Crippen LogP) is 5.70. The van der Waals surface area contributed by atoms with Crippen molar-refractivity contribution >= 4 is 23.1 Å². The van der Waals surface area contributed by atoms with Crippen molar-refractivity contribution in [1.29, 1.82) is 0 Å². The number of carbonyl (C=O) groups is 2. The largest absolute Gasteiger partial charge is 0.505 e. The number of carbonyl (C=O) groups excluding carboxylic acids is 2. The predicted molar refractivity (Wildman–Crippen MR) is 152 cm³/mol. The molecule has 2 aromatic carbocycles. The maximum absolute atomic E-state index is 13.6. The van der Waals surface area contributed by atoms with Gasteiger partial charge in [0, 0.05) is 12.7 Å². The summed E-state index contributed by atoms with van der Waals surface area (Å²) >= 11 is 0. The highest BCUT2D eigenvalue weighted by molar-refractivity contribution is 6.46. The summed E-state index contributed by atoms with van der Waals surface area (Å²) < 4.78 is 13.3. The standard InChI is InChI=1S/C32H33N3O5/c1-20(2)15-17-40-24-14-13-23(18-25(24)39-4)29-27(30(36)28-21(3)33-26-12-8-9-16-34(26)28)31(37)32(38)35(29)19-22-10-6-5-7-11-22/h5-14,16,18,20,29,36H,15,17,19H2,1-4H3. The highest BCUT2D eigenvalue weighted by Gasteiger charge is 2.46. The Balaban J connectivity index is 1.65. The molecule has 1 fully saturated rings. The first-order valence-electron chi connectivity index (χ1n) is 13.4. The number of ketones is 1. The van der Waals surface area contributed by atoms with Gasteiger partial charge in [-0.25, -0.2) is 4.98 Å². The molecule has 8 nitrogen and oxygen atoms in total. The van der Waals surface area contributed by atoms with Crippen molar-refractivity contribution in [2.45, 2.75) is 39.8 Å². The van der Waals surface area contributed by atoms with Crippen molar-refractivity contribution in [2.24, 2.45) is 5.92 Å². The molecule has 1 amide bonds. The minimum absolute atomic E-state index is 0.00483. The number of hydrogen-bond acceptors (Lipinski definition) is 6. The number of methoxy groups -OCH3 is 1. The number of hydrogen-bond donors (Lipinski definition) is 1. The zero-order valence-electron chi connectivity index (χ0n) is 23.1. The van der Waals surface area contributed by atoms with E-state index in [2.05, 4.69) is 18.8 Å². The van der Waals surface area contributed by atoms with Gasteiger partial charge in [0.05, 0.1) is 31.0 Å². The number of aliphatic hydroxyl groups excluding tert-OH is 1. The summed E-state index contributed by atoms with van der Waals surface area (Å²) in [6.07, 6.45) is 2.66. The molecular formula is C32H33N3O5. The van der Waals surface area contributed by atoms with Crippen LogP contribution in [0.2, 0.25) is 0 Å².